The van der Waals surface area contributed by atoms with Gasteiger partial charge in [-0.1, -0.05) is 37.3 Å². The fourth-order valence-electron chi connectivity index (χ4n) is 3.97. The molecule has 4 rings (SSSR count). The van der Waals surface area contributed by atoms with Crippen LogP contribution >= 0.6 is 0 Å². The SMILES string of the molecule is CC[C@@H](C(=O)Nc1ccc(Nc2nc(C)cc(N3CCCC3)n2)cc1)c1ccccc1. The van der Waals surface area contributed by atoms with E-state index < -0.39 is 0 Å². The van der Waals surface area contributed by atoms with Crippen LogP contribution in [0.2, 0.25) is 0 Å². The summed E-state index contributed by atoms with van der Waals surface area (Å²) < 4.78 is 0. The summed E-state index contributed by atoms with van der Waals surface area (Å²) in [6.45, 7) is 6.11. The van der Waals surface area contributed by atoms with Gasteiger partial charge < -0.3 is 15.5 Å². The Bertz CT molecular complexity index is 1010. The molecule has 2 aromatic carbocycles. The third-order valence-electron chi connectivity index (χ3n) is 5.61. The van der Waals surface area contributed by atoms with Crippen LogP contribution in [0.1, 0.15) is 43.4 Å². The standard InChI is InChI=1S/C25H29N5O/c1-3-22(19-9-5-4-6-10-19)24(31)27-20-11-13-21(14-12-20)28-25-26-18(2)17-23(29-25)30-15-7-8-16-30/h4-6,9-14,17,22H,3,7-8,15-16H2,1-2H3,(H,27,31)(H,26,28,29)/t22-/m1/s1. The fraction of sp³-hybridized carbons (Fsp3) is 0.320. The minimum atomic E-state index is -0.163. The summed E-state index contributed by atoms with van der Waals surface area (Å²) in [5.74, 6) is 1.41. The van der Waals surface area contributed by atoms with Gasteiger partial charge in [0.25, 0.3) is 0 Å². The van der Waals surface area contributed by atoms with Crippen LogP contribution in [-0.2, 0) is 4.79 Å². The van der Waals surface area contributed by atoms with Crippen molar-refractivity contribution in [2.24, 2.45) is 0 Å². The smallest absolute Gasteiger partial charge is 0.231 e. The predicted octanol–water partition coefficient (Wildman–Crippen LogP) is 5.26. The molecule has 0 radical (unpaired) electrons. The zero-order chi connectivity index (χ0) is 21.6. The van der Waals surface area contributed by atoms with Crippen LogP contribution in [0.5, 0.6) is 0 Å². The van der Waals surface area contributed by atoms with Gasteiger partial charge in [0.2, 0.25) is 11.9 Å². The molecule has 6 heteroatoms. The molecule has 2 N–H and O–H groups in total. The second-order valence-corrected chi connectivity index (χ2v) is 7.95. The van der Waals surface area contributed by atoms with Crippen LogP contribution in [-0.4, -0.2) is 29.0 Å². The molecule has 0 unspecified atom stereocenters. The molecule has 0 saturated carbocycles. The van der Waals surface area contributed by atoms with Gasteiger partial charge in [-0.15, -0.1) is 0 Å². The van der Waals surface area contributed by atoms with Gasteiger partial charge in [-0.3, -0.25) is 4.79 Å². The summed E-state index contributed by atoms with van der Waals surface area (Å²) in [5, 5.41) is 6.32. The number of carbonyl (C=O) groups excluding carboxylic acids is 1. The van der Waals surface area contributed by atoms with Crippen molar-refractivity contribution in [3.05, 3.63) is 71.9 Å². The molecule has 0 aliphatic carbocycles. The maximum absolute atomic E-state index is 12.8. The number of aryl methyl sites for hydroxylation is 1. The number of nitrogens with zero attached hydrogens (tertiary/aromatic N) is 3. The maximum Gasteiger partial charge on any atom is 0.231 e. The van der Waals surface area contributed by atoms with E-state index in [0.717, 1.165) is 48.0 Å². The first kappa shape index (κ1) is 20.8. The fourth-order valence-corrected chi connectivity index (χ4v) is 3.97. The molecule has 6 nitrogen and oxygen atoms in total. The number of amides is 1. The van der Waals surface area contributed by atoms with E-state index in [1.54, 1.807) is 0 Å². The molecule has 1 amide bonds. The van der Waals surface area contributed by atoms with Crippen molar-refractivity contribution in [1.29, 1.82) is 0 Å². The predicted molar refractivity (Wildman–Crippen MR) is 126 cm³/mol. The van der Waals surface area contributed by atoms with Gasteiger partial charge in [-0.2, -0.15) is 4.98 Å². The normalized spacial score (nSPS) is 14.3. The minimum absolute atomic E-state index is 0.00619. The summed E-state index contributed by atoms with van der Waals surface area (Å²) in [6, 6.07) is 19.6. The highest BCUT2D eigenvalue weighted by molar-refractivity contribution is 5.96. The van der Waals surface area contributed by atoms with Gasteiger partial charge in [0.05, 0.1) is 5.92 Å². The van der Waals surface area contributed by atoms with Gasteiger partial charge in [0.15, 0.2) is 0 Å². The number of rotatable bonds is 7. The monoisotopic (exact) mass is 415 g/mol. The van der Waals surface area contributed by atoms with Crippen LogP contribution in [0.15, 0.2) is 60.7 Å². The largest absolute Gasteiger partial charge is 0.356 e. The Balaban J connectivity index is 1.42. The first-order valence-corrected chi connectivity index (χ1v) is 11.0. The number of anilines is 4. The molecule has 3 aromatic rings. The van der Waals surface area contributed by atoms with Gasteiger partial charge in [0, 0.05) is 36.2 Å². The van der Waals surface area contributed by atoms with Crippen LogP contribution in [0.25, 0.3) is 0 Å². The maximum atomic E-state index is 12.8. The zero-order valence-electron chi connectivity index (χ0n) is 18.1. The molecule has 2 heterocycles. The van der Waals surface area contributed by atoms with E-state index in [-0.39, 0.29) is 11.8 Å². The summed E-state index contributed by atoms with van der Waals surface area (Å²) in [6.07, 6.45) is 3.17. The molecular weight excluding hydrogens is 386 g/mol. The van der Waals surface area contributed by atoms with Crippen molar-refractivity contribution in [1.82, 2.24) is 9.97 Å². The Hall–Kier alpha value is -3.41. The Kier molecular flexibility index (Phi) is 6.46. The number of benzene rings is 2. The second-order valence-electron chi connectivity index (χ2n) is 7.95. The van der Waals surface area contributed by atoms with Crippen molar-refractivity contribution < 1.29 is 4.79 Å². The molecule has 0 spiro atoms. The minimum Gasteiger partial charge on any atom is -0.356 e. The van der Waals surface area contributed by atoms with E-state index in [4.69, 9.17) is 0 Å². The first-order chi connectivity index (χ1) is 15.1. The van der Waals surface area contributed by atoms with Gasteiger partial charge in [-0.25, -0.2) is 4.98 Å². The first-order valence-electron chi connectivity index (χ1n) is 11.0. The van der Waals surface area contributed by atoms with E-state index in [2.05, 4.69) is 25.5 Å². The average Bonchev–Trinajstić information content (AvgIpc) is 3.31. The number of aromatic nitrogens is 2. The number of carbonyl (C=O) groups is 1. The van der Waals surface area contributed by atoms with Crippen molar-refractivity contribution in [2.75, 3.05) is 28.6 Å². The lowest BCUT2D eigenvalue weighted by Crippen LogP contribution is -2.20. The molecule has 1 atom stereocenters. The van der Waals surface area contributed by atoms with Gasteiger partial charge >= 0.3 is 0 Å². The zero-order valence-corrected chi connectivity index (χ0v) is 18.1. The van der Waals surface area contributed by atoms with E-state index in [0.29, 0.717) is 5.95 Å². The quantitative estimate of drug-likeness (QED) is 0.551. The Morgan fingerprint density at radius 2 is 1.68 bits per heavy atom. The Labute approximate surface area is 183 Å². The average molecular weight is 416 g/mol. The van der Waals surface area contributed by atoms with Crippen molar-refractivity contribution in [2.45, 2.75) is 39.0 Å². The van der Waals surface area contributed by atoms with Crippen molar-refractivity contribution >= 4 is 29.0 Å². The van der Waals surface area contributed by atoms with Crippen LogP contribution in [0.3, 0.4) is 0 Å². The van der Waals surface area contributed by atoms with Crippen molar-refractivity contribution in [3.63, 3.8) is 0 Å². The third-order valence-corrected chi connectivity index (χ3v) is 5.61. The van der Waals surface area contributed by atoms with Crippen molar-refractivity contribution in [3.8, 4) is 0 Å². The molecular formula is C25H29N5O. The molecule has 1 aliphatic rings. The molecule has 1 saturated heterocycles. The molecule has 1 aliphatic heterocycles. The highest BCUT2D eigenvalue weighted by Gasteiger charge is 2.18. The summed E-state index contributed by atoms with van der Waals surface area (Å²) >= 11 is 0. The second kappa shape index (κ2) is 9.60. The van der Waals surface area contributed by atoms with E-state index in [1.807, 2.05) is 74.5 Å². The lowest BCUT2D eigenvalue weighted by molar-refractivity contribution is -0.117. The molecule has 1 fully saturated rings. The van der Waals surface area contributed by atoms with Gasteiger partial charge in [-0.05, 0) is 56.0 Å². The van der Waals surface area contributed by atoms with Crippen LogP contribution < -0.4 is 15.5 Å². The highest BCUT2D eigenvalue weighted by atomic mass is 16.1. The molecule has 160 valence electrons. The number of nitrogens with one attached hydrogen (secondary N) is 2. The number of hydrogen-bond donors (Lipinski definition) is 2. The highest BCUT2D eigenvalue weighted by Crippen LogP contribution is 2.24. The third kappa shape index (κ3) is 5.20. The Morgan fingerprint density at radius 3 is 2.35 bits per heavy atom. The molecule has 0 bridgehead atoms. The van der Waals surface area contributed by atoms with E-state index in [1.165, 1.54) is 12.8 Å². The van der Waals surface area contributed by atoms with E-state index in [9.17, 15) is 4.79 Å². The van der Waals surface area contributed by atoms with Crippen LogP contribution in [0, 0.1) is 6.92 Å². The molecule has 31 heavy (non-hydrogen) atoms. The van der Waals surface area contributed by atoms with Crippen LogP contribution in [0.4, 0.5) is 23.1 Å². The molecule has 1 aromatic heterocycles. The lowest BCUT2D eigenvalue weighted by atomic mass is 9.95. The topological polar surface area (TPSA) is 70.2 Å². The van der Waals surface area contributed by atoms with Gasteiger partial charge in [0.1, 0.15) is 5.82 Å². The van der Waals surface area contributed by atoms with E-state index >= 15 is 0 Å². The summed E-state index contributed by atoms with van der Waals surface area (Å²) in [5.41, 5.74) is 3.62. The lowest BCUT2D eigenvalue weighted by Gasteiger charge is -2.18. The summed E-state index contributed by atoms with van der Waals surface area (Å²) in [4.78, 5) is 24.3. The number of hydrogen-bond acceptors (Lipinski definition) is 5. The Morgan fingerprint density at radius 1 is 1.00 bits per heavy atom. The summed E-state index contributed by atoms with van der Waals surface area (Å²) in [7, 11) is 0.